The number of nitrogens with one attached hydrogen (secondary N) is 1. The van der Waals surface area contributed by atoms with Crippen LogP contribution >= 0.6 is 0 Å². The van der Waals surface area contributed by atoms with Crippen molar-refractivity contribution in [1.29, 1.82) is 0 Å². The molecule has 0 amide bonds. The lowest BCUT2D eigenvalue weighted by molar-refractivity contribution is 0.0276. The Morgan fingerprint density at radius 2 is 2.00 bits per heavy atom. The van der Waals surface area contributed by atoms with E-state index in [0.29, 0.717) is 12.1 Å². The molecular weight excluding hydrogens is 264 g/mol. The monoisotopic (exact) mass is 286 g/mol. The van der Waals surface area contributed by atoms with Crippen LogP contribution in [0.15, 0.2) is 23.1 Å². The number of benzene rings is 1. The van der Waals surface area contributed by atoms with Crippen LogP contribution in [0.25, 0.3) is 0 Å². The van der Waals surface area contributed by atoms with Gasteiger partial charge < -0.3 is 10.5 Å². The fourth-order valence-electron chi connectivity index (χ4n) is 1.56. The van der Waals surface area contributed by atoms with Crippen molar-refractivity contribution in [2.24, 2.45) is 5.73 Å². The van der Waals surface area contributed by atoms with Gasteiger partial charge in [-0.2, -0.15) is 0 Å². The normalized spacial score (nSPS) is 12.7. The van der Waals surface area contributed by atoms with Crippen molar-refractivity contribution in [3.05, 3.63) is 29.3 Å². The van der Waals surface area contributed by atoms with E-state index in [1.165, 1.54) is 0 Å². The van der Waals surface area contributed by atoms with Gasteiger partial charge in [0.05, 0.1) is 10.5 Å². The highest BCUT2D eigenvalue weighted by Gasteiger charge is 2.22. The number of hydrogen-bond donors (Lipinski definition) is 2. The minimum absolute atomic E-state index is 0.212. The summed E-state index contributed by atoms with van der Waals surface area (Å²) in [4.78, 5) is 0.275. The predicted octanol–water partition coefficient (Wildman–Crippen LogP) is 1.16. The summed E-state index contributed by atoms with van der Waals surface area (Å²) in [6.07, 6.45) is 0. The molecule has 3 N–H and O–H groups in total. The maximum absolute atomic E-state index is 12.2. The number of rotatable bonds is 6. The molecule has 1 rings (SSSR count). The van der Waals surface area contributed by atoms with Gasteiger partial charge in [0.2, 0.25) is 10.0 Å². The smallest absolute Gasteiger partial charge is 0.240 e. The maximum Gasteiger partial charge on any atom is 0.240 e. The molecular formula is C13H22N2O3S. The second kappa shape index (κ2) is 6.00. The lowest BCUT2D eigenvalue weighted by atomic mass is 10.1. The van der Waals surface area contributed by atoms with Crippen molar-refractivity contribution < 1.29 is 13.2 Å². The molecule has 0 aliphatic carbocycles. The zero-order valence-corrected chi connectivity index (χ0v) is 12.7. The molecule has 6 heteroatoms. The first-order valence-electron chi connectivity index (χ1n) is 6.06. The Morgan fingerprint density at radius 3 is 2.47 bits per heavy atom. The third kappa shape index (κ3) is 4.28. The van der Waals surface area contributed by atoms with E-state index in [0.717, 1.165) is 5.56 Å². The van der Waals surface area contributed by atoms with E-state index in [4.69, 9.17) is 10.5 Å². The lowest BCUT2D eigenvalue weighted by Crippen LogP contribution is -2.39. The van der Waals surface area contributed by atoms with E-state index >= 15 is 0 Å². The maximum atomic E-state index is 12.2. The second-order valence-corrected chi connectivity index (χ2v) is 6.83. The summed E-state index contributed by atoms with van der Waals surface area (Å²) in [5, 5.41) is 0. The van der Waals surface area contributed by atoms with E-state index in [1.54, 1.807) is 32.2 Å². The Morgan fingerprint density at radius 1 is 1.37 bits per heavy atom. The highest BCUT2D eigenvalue weighted by Crippen LogP contribution is 2.17. The standard InChI is InChI=1S/C13H22N2O3S/c1-10-7-11(8-14)5-6-12(10)19(16,17)15-9-13(2,3)18-4/h5-7,15H,8-9,14H2,1-4H3. The summed E-state index contributed by atoms with van der Waals surface area (Å²) >= 11 is 0. The Hall–Kier alpha value is -0.950. The minimum Gasteiger partial charge on any atom is -0.377 e. The molecule has 0 aliphatic heterocycles. The first-order valence-corrected chi connectivity index (χ1v) is 7.54. The van der Waals surface area contributed by atoms with E-state index < -0.39 is 15.6 Å². The molecule has 0 radical (unpaired) electrons. The summed E-state index contributed by atoms with van der Waals surface area (Å²) in [7, 11) is -1.98. The first kappa shape index (κ1) is 16.1. The Balaban J connectivity index is 2.95. The molecule has 0 fully saturated rings. The van der Waals surface area contributed by atoms with E-state index in [1.807, 2.05) is 13.8 Å². The summed E-state index contributed by atoms with van der Waals surface area (Å²) in [5.74, 6) is 0. The highest BCUT2D eigenvalue weighted by atomic mass is 32.2. The minimum atomic E-state index is -3.53. The molecule has 108 valence electrons. The van der Waals surface area contributed by atoms with Gasteiger partial charge in [0, 0.05) is 20.2 Å². The summed E-state index contributed by atoms with van der Waals surface area (Å²) in [6, 6.07) is 5.10. The SMILES string of the molecule is COC(C)(C)CNS(=O)(=O)c1ccc(CN)cc1C. The molecule has 0 spiro atoms. The van der Waals surface area contributed by atoms with Crippen LogP contribution < -0.4 is 10.5 Å². The van der Waals surface area contributed by atoms with Crippen molar-refractivity contribution in [3.8, 4) is 0 Å². The van der Waals surface area contributed by atoms with Gasteiger partial charge in [-0.25, -0.2) is 13.1 Å². The molecule has 0 saturated carbocycles. The van der Waals surface area contributed by atoms with Crippen molar-refractivity contribution in [2.45, 2.75) is 37.8 Å². The summed E-state index contributed by atoms with van der Waals surface area (Å²) in [6.45, 7) is 6.00. The predicted molar refractivity (Wildman–Crippen MR) is 75.3 cm³/mol. The van der Waals surface area contributed by atoms with Crippen LogP contribution in [-0.2, 0) is 21.3 Å². The molecule has 1 aromatic carbocycles. The fourth-order valence-corrected chi connectivity index (χ4v) is 2.98. The van der Waals surface area contributed by atoms with E-state index in [2.05, 4.69) is 4.72 Å². The van der Waals surface area contributed by atoms with Crippen LogP contribution in [-0.4, -0.2) is 27.7 Å². The van der Waals surface area contributed by atoms with Gasteiger partial charge in [0.15, 0.2) is 0 Å². The Labute approximate surface area is 115 Å². The molecule has 0 atom stereocenters. The zero-order chi connectivity index (χ0) is 14.7. The molecule has 0 unspecified atom stereocenters. The number of nitrogens with two attached hydrogens (primary N) is 1. The Kier molecular flexibility index (Phi) is 5.09. The largest absolute Gasteiger partial charge is 0.377 e. The van der Waals surface area contributed by atoms with Crippen molar-refractivity contribution in [3.63, 3.8) is 0 Å². The number of ether oxygens (including phenoxy) is 1. The topological polar surface area (TPSA) is 81.4 Å². The molecule has 0 saturated heterocycles. The van der Waals surface area contributed by atoms with Gasteiger partial charge in [-0.3, -0.25) is 0 Å². The van der Waals surface area contributed by atoms with Crippen molar-refractivity contribution in [1.82, 2.24) is 4.72 Å². The van der Waals surface area contributed by atoms with Crippen LogP contribution in [0, 0.1) is 6.92 Å². The third-order valence-corrected chi connectivity index (χ3v) is 4.57. The van der Waals surface area contributed by atoms with Gasteiger partial charge in [-0.1, -0.05) is 12.1 Å². The van der Waals surface area contributed by atoms with Crippen molar-refractivity contribution in [2.75, 3.05) is 13.7 Å². The molecule has 0 bridgehead atoms. The summed E-state index contributed by atoms with van der Waals surface area (Å²) in [5.41, 5.74) is 6.58. The highest BCUT2D eigenvalue weighted by molar-refractivity contribution is 7.89. The van der Waals surface area contributed by atoms with Gasteiger partial charge in [0.1, 0.15) is 0 Å². The third-order valence-electron chi connectivity index (χ3n) is 3.01. The average molecular weight is 286 g/mol. The van der Waals surface area contributed by atoms with Crippen molar-refractivity contribution >= 4 is 10.0 Å². The van der Waals surface area contributed by atoms with Gasteiger partial charge in [-0.15, -0.1) is 0 Å². The average Bonchev–Trinajstić information content (AvgIpc) is 2.36. The lowest BCUT2D eigenvalue weighted by Gasteiger charge is -2.23. The quantitative estimate of drug-likeness (QED) is 0.822. The van der Waals surface area contributed by atoms with Crippen LogP contribution in [0.3, 0.4) is 0 Å². The van der Waals surface area contributed by atoms with E-state index in [9.17, 15) is 8.42 Å². The van der Waals surface area contributed by atoms with Crippen LogP contribution in [0.2, 0.25) is 0 Å². The fraction of sp³-hybridized carbons (Fsp3) is 0.538. The molecule has 0 heterocycles. The van der Waals surface area contributed by atoms with Crippen LogP contribution in [0.4, 0.5) is 0 Å². The van der Waals surface area contributed by atoms with Crippen LogP contribution in [0.5, 0.6) is 0 Å². The molecule has 0 aromatic heterocycles. The van der Waals surface area contributed by atoms with Gasteiger partial charge >= 0.3 is 0 Å². The first-order chi connectivity index (χ1) is 8.72. The number of sulfonamides is 1. The van der Waals surface area contributed by atoms with Gasteiger partial charge in [0.25, 0.3) is 0 Å². The molecule has 5 nitrogen and oxygen atoms in total. The second-order valence-electron chi connectivity index (χ2n) is 5.09. The number of methoxy groups -OCH3 is 1. The Bertz CT molecular complexity index is 539. The van der Waals surface area contributed by atoms with Crippen LogP contribution in [0.1, 0.15) is 25.0 Å². The molecule has 1 aromatic rings. The molecule has 0 aliphatic rings. The van der Waals surface area contributed by atoms with E-state index in [-0.39, 0.29) is 11.4 Å². The molecule has 19 heavy (non-hydrogen) atoms. The van der Waals surface area contributed by atoms with Gasteiger partial charge in [-0.05, 0) is 38.0 Å². The summed E-state index contributed by atoms with van der Waals surface area (Å²) < 4.78 is 32.2. The number of aryl methyl sites for hydroxylation is 1. The zero-order valence-electron chi connectivity index (χ0n) is 11.9. The number of hydrogen-bond acceptors (Lipinski definition) is 4.